The lowest BCUT2D eigenvalue weighted by atomic mass is 9.98. The molecule has 1 aromatic rings. The maximum Gasteiger partial charge on any atom is 0.251 e. The van der Waals surface area contributed by atoms with Crippen molar-refractivity contribution in [2.24, 2.45) is 0 Å². The Hall–Kier alpha value is -1.55. The summed E-state index contributed by atoms with van der Waals surface area (Å²) in [6.07, 6.45) is 7.74. The summed E-state index contributed by atoms with van der Waals surface area (Å²) in [5, 5.41) is 11.8. The molecule has 122 valence electrons. The van der Waals surface area contributed by atoms with Crippen LogP contribution >= 0.6 is 0 Å². The Bertz CT molecular complexity index is 469. The minimum absolute atomic E-state index is 0.0579. The first-order chi connectivity index (χ1) is 10.7. The van der Waals surface area contributed by atoms with Crippen LogP contribution < -0.4 is 10.1 Å². The van der Waals surface area contributed by atoms with Gasteiger partial charge in [0.2, 0.25) is 0 Å². The van der Waals surface area contributed by atoms with E-state index in [0.29, 0.717) is 12.0 Å². The minimum Gasteiger partial charge on any atom is -0.490 e. The molecule has 1 aliphatic carbocycles. The molecule has 0 radical (unpaired) electrons. The van der Waals surface area contributed by atoms with E-state index in [4.69, 9.17) is 9.84 Å². The number of carbonyl (C=O) groups excluding carboxylic acids is 1. The van der Waals surface area contributed by atoms with E-state index in [-0.39, 0.29) is 24.7 Å². The van der Waals surface area contributed by atoms with Crippen molar-refractivity contribution in [1.82, 2.24) is 5.32 Å². The number of carbonyl (C=O) groups is 1. The zero-order valence-electron chi connectivity index (χ0n) is 13.4. The molecule has 0 saturated heterocycles. The summed E-state index contributed by atoms with van der Waals surface area (Å²) in [7, 11) is 0. The fourth-order valence-electron chi connectivity index (χ4n) is 2.86. The van der Waals surface area contributed by atoms with Gasteiger partial charge < -0.3 is 15.2 Å². The normalized spacial score (nSPS) is 17.0. The molecule has 0 aromatic heterocycles. The van der Waals surface area contributed by atoms with Gasteiger partial charge in [-0.2, -0.15) is 0 Å². The quantitative estimate of drug-likeness (QED) is 0.812. The largest absolute Gasteiger partial charge is 0.490 e. The second-order valence-electron chi connectivity index (χ2n) is 6.15. The third-order valence-corrected chi connectivity index (χ3v) is 4.12. The molecule has 1 atom stereocenters. The first-order valence-corrected chi connectivity index (χ1v) is 8.37. The Labute approximate surface area is 132 Å². The second kappa shape index (κ2) is 8.79. The van der Waals surface area contributed by atoms with Gasteiger partial charge in [0.15, 0.2) is 0 Å². The predicted octanol–water partition coefficient (Wildman–Crippen LogP) is 3.29. The Morgan fingerprint density at radius 2 is 2.14 bits per heavy atom. The molecule has 22 heavy (non-hydrogen) atoms. The van der Waals surface area contributed by atoms with Gasteiger partial charge >= 0.3 is 0 Å². The van der Waals surface area contributed by atoms with Gasteiger partial charge in [0.1, 0.15) is 5.75 Å². The van der Waals surface area contributed by atoms with E-state index in [1.165, 1.54) is 19.3 Å². The summed E-state index contributed by atoms with van der Waals surface area (Å²) in [5.41, 5.74) is 0.629. The fourth-order valence-corrected chi connectivity index (χ4v) is 2.86. The highest BCUT2D eigenvalue weighted by Crippen LogP contribution is 2.24. The molecular formula is C18H27NO3. The molecule has 0 spiro atoms. The number of benzene rings is 1. The molecule has 2 rings (SSSR count). The fraction of sp³-hybridized carbons (Fsp3) is 0.611. The molecule has 1 aromatic carbocycles. The topological polar surface area (TPSA) is 58.6 Å². The number of ether oxygens (including phenoxy) is 1. The first-order valence-electron chi connectivity index (χ1n) is 8.37. The SMILES string of the molecule is CC(CCCO)NC(=O)c1cccc(OC2CCCCC2)c1. The lowest BCUT2D eigenvalue weighted by Crippen LogP contribution is -2.32. The summed E-state index contributed by atoms with van der Waals surface area (Å²) < 4.78 is 6.00. The van der Waals surface area contributed by atoms with Crippen LogP contribution in [0.15, 0.2) is 24.3 Å². The van der Waals surface area contributed by atoms with E-state index in [2.05, 4.69) is 5.32 Å². The second-order valence-corrected chi connectivity index (χ2v) is 6.15. The van der Waals surface area contributed by atoms with E-state index in [1.807, 2.05) is 31.2 Å². The Kier molecular flexibility index (Phi) is 6.72. The summed E-state index contributed by atoms with van der Waals surface area (Å²) in [4.78, 5) is 12.2. The van der Waals surface area contributed by atoms with Gasteiger partial charge in [0, 0.05) is 18.2 Å². The molecule has 0 bridgehead atoms. The highest BCUT2D eigenvalue weighted by Gasteiger charge is 2.16. The van der Waals surface area contributed by atoms with Gasteiger partial charge in [0.05, 0.1) is 6.10 Å². The molecule has 1 amide bonds. The molecule has 1 unspecified atom stereocenters. The van der Waals surface area contributed by atoms with E-state index in [1.54, 1.807) is 0 Å². The maximum absolute atomic E-state index is 12.2. The number of nitrogens with one attached hydrogen (secondary N) is 1. The summed E-state index contributed by atoms with van der Waals surface area (Å²) in [6.45, 7) is 2.11. The first kappa shape index (κ1) is 16.8. The Morgan fingerprint density at radius 3 is 2.86 bits per heavy atom. The summed E-state index contributed by atoms with van der Waals surface area (Å²) in [5.74, 6) is 0.696. The van der Waals surface area contributed by atoms with Crippen molar-refractivity contribution < 1.29 is 14.6 Å². The van der Waals surface area contributed by atoms with Crippen LogP contribution in [0.2, 0.25) is 0 Å². The van der Waals surface area contributed by atoms with E-state index in [9.17, 15) is 4.79 Å². The van der Waals surface area contributed by atoms with Gasteiger partial charge in [-0.1, -0.05) is 12.5 Å². The molecule has 0 aliphatic heterocycles. The molecule has 4 nitrogen and oxygen atoms in total. The van der Waals surface area contributed by atoms with Crippen LogP contribution in [0, 0.1) is 0 Å². The van der Waals surface area contributed by atoms with Crippen LogP contribution in [0.3, 0.4) is 0 Å². The number of amides is 1. The van der Waals surface area contributed by atoms with Crippen LogP contribution in [0.4, 0.5) is 0 Å². The average Bonchev–Trinajstić information content (AvgIpc) is 2.54. The van der Waals surface area contributed by atoms with Crippen LogP contribution in [0.25, 0.3) is 0 Å². The van der Waals surface area contributed by atoms with Crippen LogP contribution in [0.1, 0.15) is 62.2 Å². The third-order valence-electron chi connectivity index (χ3n) is 4.12. The van der Waals surface area contributed by atoms with Crippen LogP contribution in [-0.4, -0.2) is 29.8 Å². The van der Waals surface area contributed by atoms with Gasteiger partial charge in [-0.3, -0.25) is 4.79 Å². The Morgan fingerprint density at radius 1 is 1.36 bits per heavy atom. The predicted molar refractivity (Wildman–Crippen MR) is 87.2 cm³/mol. The van der Waals surface area contributed by atoms with Crippen molar-refractivity contribution in [3.05, 3.63) is 29.8 Å². The zero-order valence-corrected chi connectivity index (χ0v) is 13.4. The van der Waals surface area contributed by atoms with Crippen LogP contribution in [0.5, 0.6) is 5.75 Å². The number of rotatable bonds is 7. The van der Waals surface area contributed by atoms with Crippen molar-refractivity contribution in [3.63, 3.8) is 0 Å². The smallest absolute Gasteiger partial charge is 0.251 e. The standard InChI is InChI=1S/C18H27NO3/c1-14(7-6-12-20)19-18(21)15-8-5-11-17(13-15)22-16-9-3-2-4-10-16/h5,8,11,13-14,16,20H,2-4,6-7,9-10,12H2,1H3,(H,19,21). The van der Waals surface area contributed by atoms with Crippen LogP contribution in [-0.2, 0) is 0 Å². The molecule has 1 aliphatic rings. The average molecular weight is 305 g/mol. The van der Waals surface area contributed by atoms with Gasteiger partial charge in [0.25, 0.3) is 5.91 Å². The van der Waals surface area contributed by atoms with Crippen molar-refractivity contribution in [1.29, 1.82) is 0 Å². The number of aliphatic hydroxyl groups is 1. The lowest BCUT2D eigenvalue weighted by molar-refractivity contribution is 0.0935. The Balaban J connectivity index is 1.90. The highest BCUT2D eigenvalue weighted by atomic mass is 16.5. The number of aliphatic hydroxyl groups excluding tert-OH is 1. The highest BCUT2D eigenvalue weighted by molar-refractivity contribution is 5.94. The monoisotopic (exact) mass is 305 g/mol. The van der Waals surface area contributed by atoms with Crippen molar-refractivity contribution >= 4 is 5.91 Å². The minimum atomic E-state index is -0.0838. The van der Waals surface area contributed by atoms with E-state index >= 15 is 0 Å². The van der Waals surface area contributed by atoms with Gasteiger partial charge in [-0.15, -0.1) is 0 Å². The van der Waals surface area contributed by atoms with Crippen molar-refractivity contribution in [3.8, 4) is 5.75 Å². The van der Waals surface area contributed by atoms with Gasteiger partial charge in [-0.25, -0.2) is 0 Å². The third kappa shape index (κ3) is 5.34. The summed E-state index contributed by atoms with van der Waals surface area (Å²) in [6, 6.07) is 7.47. The number of hydrogen-bond acceptors (Lipinski definition) is 3. The molecule has 1 saturated carbocycles. The summed E-state index contributed by atoms with van der Waals surface area (Å²) >= 11 is 0. The maximum atomic E-state index is 12.2. The zero-order chi connectivity index (χ0) is 15.8. The number of hydrogen-bond donors (Lipinski definition) is 2. The van der Waals surface area contributed by atoms with Crippen molar-refractivity contribution in [2.75, 3.05) is 6.61 Å². The van der Waals surface area contributed by atoms with Crippen molar-refractivity contribution in [2.45, 2.75) is 64.0 Å². The molecule has 2 N–H and O–H groups in total. The molecule has 4 heteroatoms. The molecular weight excluding hydrogens is 278 g/mol. The molecule has 1 fully saturated rings. The lowest BCUT2D eigenvalue weighted by Gasteiger charge is -2.23. The van der Waals surface area contributed by atoms with E-state index in [0.717, 1.165) is 25.0 Å². The van der Waals surface area contributed by atoms with E-state index < -0.39 is 0 Å². The van der Waals surface area contributed by atoms with Gasteiger partial charge in [-0.05, 0) is 63.6 Å². The molecule has 0 heterocycles.